The van der Waals surface area contributed by atoms with Crippen LogP contribution in [0.4, 0.5) is 0 Å². The summed E-state index contributed by atoms with van der Waals surface area (Å²) < 4.78 is 5.39. The van der Waals surface area contributed by atoms with E-state index in [1.807, 2.05) is 12.2 Å². The maximum atomic E-state index is 12.4. The number of imide groups is 1. The van der Waals surface area contributed by atoms with Gasteiger partial charge in [-0.15, -0.1) is 0 Å². The summed E-state index contributed by atoms with van der Waals surface area (Å²) in [6, 6.07) is -0.540. The Morgan fingerprint density at radius 3 is 2.95 bits per heavy atom. The van der Waals surface area contributed by atoms with Crippen LogP contribution >= 0.6 is 0 Å². The molecule has 0 saturated carbocycles. The molecule has 0 spiro atoms. The Bertz CT molecular complexity index is 577. The summed E-state index contributed by atoms with van der Waals surface area (Å²) in [5.74, 6) is -0.765. The Balaban J connectivity index is 1.59. The Morgan fingerprint density at radius 1 is 1.32 bits per heavy atom. The number of hydrogen-bond donors (Lipinski definition) is 1. The van der Waals surface area contributed by atoms with Gasteiger partial charge in [0, 0.05) is 13.0 Å². The second-order valence-electron chi connectivity index (χ2n) is 5.22. The number of ether oxygens (including phenoxy) is 1. The first kappa shape index (κ1) is 10.9. The number of hydrogen-bond acceptors (Lipinski definition) is 4. The molecular formula is C13H12N2O4. The van der Waals surface area contributed by atoms with Gasteiger partial charge < -0.3 is 9.64 Å². The molecular weight excluding hydrogens is 248 g/mol. The summed E-state index contributed by atoms with van der Waals surface area (Å²) in [5.41, 5.74) is 1.63. The van der Waals surface area contributed by atoms with Crippen molar-refractivity contribution in [3.8, 4) is 0 Å². The number of fused-ring (bicyclic) bond motifs is 2. The number of epoxide rings is 1. The van der Waals surface area contributed by atoms with Gasteiger partial charge in [-0.05, 0) is 12.0 Å². The standard InChI is InChI=1S/C13H12N2O4/c16-9-4-2-7(12(17)14-9)15-5-6-1-3-8-11(19-8)10(6)13(15)18/h1,3,7-8,11H,2,4-5H2,(H,14,16,17)/t7?,8-,11?/m1/s1. The van der Waals surface area contributed by atoms with Crippen molar-refractivity contribution < 1.29 is 19.1 Å². The van der Waals surface area contributed by atoms with Crippen LogP contribution in [0.2, 0.25) is 0 Å². The molecule has 3 heterocycles. The lowest BCUT2D eigenvalue weighted by molar-refractivity contribution is -0.142. The molecule has 0 aromatic heterocycles. The highest BCUT2D eigenvalue weighted by Gasteiger charge is 2.51. The highest BCUT2D eigenvalue weighted by Crippen LogP contribution is 2.41. The van der Waals surface area contributed by atoms with Crippen molar-refractivity contribution in [2.45, 2.75) is 31.1 Å². The van der Waals surface area contributed by atoms with Gasteiger partial charge in [0.2, 0.25) is 11.8 Å². The van der Waals surface area contributed by atoms with E-state index in [0.29, 0.717) is 18.5 Å². The lowest BCUT2D eigenvalue weighted by Gasteiger charge is -2.29. The van der Waals surface area contributed by atoms with Crippen LogP contribution in [-0.2, 0) is 19.1 Å². The molecule has 0 aromatic carbocycles. The molecule has 6 nitrogen and oxygen atoms in total. The lowest BCUT2D eigenvalue weighted by Crippen LogP contribution is -2.53. The van der Waals surface area contributed by atoms with Crippen LogP contribution < -0.4 is 5.32 Å². The largest absolute Gasteiger partial charge is 0.360 e. The van der Waals surface area contributed by atoms with Crippen LogP contribution in [-0.4, -0.2) is 47.4 Å². The Morgan fingerprint density at radius 2 is 2.16 bits per heavy atom. The fraction of sp³-hybridized carbons (Fsp3) is 0.462. The third-order valence-electron chi connectivity index (χ3n) is 4.06. The van der Waals surface area contributed by atoms with E-state index in [4.69, 9.17) is 4.74 Å². The number of carbonyl (C=O) groups excluding carboxylic acids is 3. The van der Waals surface area contributed by atoms with Crippen LogP contribution in [0.3, 0.4) is 0 Å². The number of piperidine rings is 1. The maximum absolute atomic E-state index is 12.4. The first-order chi connectivity index (χ1) is 9.15. The molecule has 3 atom stereocenters. The molecule has 0 radical (unpaired) electrons. The van der Waals surface area contributed by atoms with Crippen molar-refractivity contribution in [2.24, 2.45) is 0 Å². The highest BCUT2D eigenvalue weighted by atomic mass is 16.6. The summed E-state index contributed by atoms with van der Waals surface area (Å²) in [6.45, 7) is 0.434. The lowest BCUT2D eigenvalue weighted by atomic mass is 10.00. The maximum Gasteiger partial charge on any atom is 0.253 e. The number of rotatable bonds is 1. The van der Waals surface area contributed by atoms with Crippen LogP contribution in [0.1, 0.15) is 12.8 Å². The van der Waals surface area contributed by atoms with E-state index in [1.165, 1.54) is 0 Å². The van der Waals surface area contributed by atoms with E-state index in [9.17, 15) is 14.4 Å². The molecule has 3 aliphatic heterocycles. The molecule has 2 fully saturated rings. The van der Waals surface area contributed by atoms with E-state index < -0.39 is 6.04 Å². The predicted octanol–water partition coefficient (Wildman–Crippen LogP) is -0.732. The molecule has 1 aliphatic carbocycles. The van der Waals surface area contributed by atoms with Crippen LogP contribution in [0.15, 0.2) is 23.3 Å². The average molecular weight is 260 g/mol. The molecule has 1 N–H and O–H groups in total. The van der Waals surface area contributed by atoms with Gasteiger partial charge in [-0.25, -0.2) is 0 Å². The van der Waals surface area contributed by atoms with E-state index in [2.05, 4.69) is 5.32 Å². The van der Waals surface area contributed by atoms with Gasteiger partial charge in [0.05, 0.1) is 5.57 Å². The third-order valence-corrected chi connectivity index (χ3v) is 4.06. The number of carbonyl (C=O) groups is 3. The van der Waals surface area contributed by atoms with Crippen LogP contribution in [0, 0.1) is 0 Å². The average Bonchev–Trinajstić information content (AvgIpc) is 3.08. The first-order valence-electron chi connectivity index (χ1n) is 6.36. The predicted molar refractivity (Wildman–Crippen MR) is 62.7 cm³/mol. The van der Waals surface area contributed by atoms with Crippen molar-refractivity contribution in [2.75, 3.05) is 6.54 Å². The third kappa shape index (κ3) is 1.49. The minimum atomic E-state index is -0.540. The van der Waals surface area contributed by atoms with Crippen molar-refractivity contribution in [3.05, 3.63) is 23.3 Å². The van der Waals surface area contributed by atoms with E-state index in [0.717, 1.165) is 5.57 Å². The SMILES string of the molecule is O=C1CCC(N2CC3=C(C2=O)C2O[C@@H]2C=C3)C(=O)N1. The topological polar surface area (TPSA) is 79.0 Å². The fourth-order valence-corrected chi connectivity index (χ4v) is 3.02. The van der Waals surface area contributed by atoms with Gasteiger partial charge in [0.25, 0.3) is 5.91 Å². The summed E-state index contributed by atoms with van der Waals surface area (Å²) in [4.78, 5) is 36.9. The van der Waals surface area contributed by atoms with E-state index in [-0.39, 0.29) is 36.4 Å². The Kier molecular flexibility index (Phi) is 2.04. The smallest absolute Gasteiger partial charge is 0.253 e. The van der Waals surface area contributed by atoms with E-state index >= 15 is 0 Å². The Hall–Kier alpha value is -1.95. The number of amides is 3. The molecule has 2 saturated heterocycles. The first-order valence-corrected chi connectivity index (χ1v) is 6.36. The summed E-state index contributed by atoms with van der Waals surface area (Å²) in [6.07, 6.45) is 4.45. The minimum Gasteiger partial charge on any atom is -0.360 e. The Labute approximate surface area is 109 Å². The minimum absolute atomic E-state index is 0.0319. The van der Waals surface area contributed by atoms with Gasteiger partial charge in [0.1, 0.15) is 18.2 Å². The van der Waals surface area contributed by atoms with Gasteiger partial charge in [-0.3, -0.25) is 19.7 Å². The molecule has 4 rings (SSSR count). The second kappa shape index (κ2) is 3.54. The molecule has 4 aliphatic rings. The van der Waals surface area contributed by atoms with Crippen molar-refractivity contribution in [1.29, 1.82) is 0 Å². The molecule has 0 aromatic rings. The number of nitrogens with one attached hydrogen (secondary N) is 1. The molecule has 6 heteroatoms. The molecule has 0 bridgehead atoms. The quantitative estimate of drug-likeness (QED) is 0.498. The fourth-order valence-electron chi connectivity index (χ4n) is 3.02. The van der Waals surface area contributed by atoms with Gasteiger partial charge in [0.15, 0.2) is 0 Å². The normalized spacial score (nSPS) is 36.3. The highest BCUT2D eigenvalue weighted by molar-refractivity contribution is 6.06. The number of nitrogens with zero attached hydrogens (tertiary/aromatic N) is 1. The van der Waals surface area contributed by atoms with Crippen LogP contribution in [0.25, 0.3) is 0 Å². The van der Waals surface area contributed by atoms with Crippen LogP contribution in [0.5, 0.6) is 0 Å². The van der Waals surface area contributed by atoms with Crippen molar-refractivity contribution in [3.63, 3.8) is 0 Å². The van der Waals surface area contributed by atoms with Crippen molar-refractivity contribution in [1.82, 2.24) is 10.2 Å². The monoisotopic (exact) mass is 260 g/mol. The van der Waals surface area contributed by atoms with Gasteiger partial charge >= 0.3 is 0 Å². The van der Waals surface area contributed by atoms with E-state index in [1.54, 1.807) is 4.90 Å². The molecule has 98 valence electrons. The molecule has 2 unspecified atom stereocenters. The summed E-state index contributed by atoms with van der Waals surface area (Å²) in [5, 5.41) is 2.29. The zero-order valence-electron chi connectivity index (χ0n) is 10.1. The second-order valence-corrected chi connectivity index (χ2v) is 5.22. The zero-order valence-corrected chi connectivity index (χ0v) is 10.1. The molecule has 19 heavy (non-hydrogen) atoms. The van der Waals surface area contributed by atoms with Crippen molar-refractivity contribution >= 4 is 17.7 Å². The summed E-state index contributed by atoms with van der Waals surface area (Å²) in [7, 11) is 0. The summed E-state index contributed by atoms with van der Waals surface area (Å²) >= 11 is 0. The van der Waals surface area contributed by atoms with Gasteiger partial charge in [-0.2, -0.15) is 0 Å². The van der Waals surface area contributed by atoms with Gasteiger partial charge in [-0.1, -0.05) is 12.2 Å². The zero-order chi connectivity index (χ0) is 13.1. The molecule has 3 amide bonds.